The van der Waals surface area contributed by atoms with Crippen LogP contribution >= 0.6 is 15.9 Å². The Kier molecular flexibility index (Phi) is 6.19. The zero-order valence-electron chi connectivity index (χ0n) is 12.5. The van der Waals surface area contributed by atoms with Crippen LogP contribution < -0.4 is 10.0 Å². The number of nitrogens with one attached hydrogen (secondary N) is 2. The number of rotatable bonds is 6. The Labute approximate surface area is 130 Å². The van der Waals surface area contributed by atoms with Gasteiger partial charge >= 0.3 is 0 Å². The highest BCUT2D eigenvalue weighted by Gasteiger charge is 2.20. The fourth-order valence-electron chi connectivity index (χ4n) is 1.53. The van der Waals surface area contributed by atoms with Gasteiger partial charge in [0, 0.05) is 17.6 Å². The number of halogens is 1. The van der Waals surface area contributed by atoms with E-state index >= 15 is 0 Å². The molecule has 0 saturated carbocycles. The maximum atomic E-state index is 12.3. The lowest BCUT2D eigenvalue weighted by molar-refractivity contribution is 0.407. The summed E-state index contributed by atoms with van der Waals surface area (Å²) in [6.45, 7) is 10.0. The molecule has 0 aliphatic heterocycles. The molecule has 6 heteroatoms. The van der Waals surface area contributed by atoms with Gasteiger partial charge in [-0.05, 0) is 45.6 Å². The van der Waals surface area contributed by atoms with Gasteiger partial charge in [0.25, 0.3) is 0 Å². The van der Waals surface area contributed by atoms with E-state index in [0.717, 1.165) is 18.7 Å². The highest BCUT2D eigenvalue weighted by atomic mass is 79.9. The second kappa shape index (κ2) is 7.02. The van der Waals surface area contributed by atoms with Crippen LogP contribution in [0, 0.1) is 5.41 Å². The fourth-order valence-corrected chi connectivity index (χ4v) is 3.94. The van der Waals surface area contributed by atoms with Crippen molar-refractivity contribution in [1.82, 2.24) is 10.0 Å². The Balaban J connectivity index is 2.90. The summed E-state index contributed by atoms with van der Waals surface area (Å²) >= 11 is 3.35. The minimum atomic E-state index is -3.48. The molecule has 20 heavy (non-hydrogen) atoms. The Bertz CT molecular complexity index is 551. The molecule has 0 aliphatic carbocycles. The second-order valence-electron chi connectivity index (χ2n) is 5.93. The van der Waals surface area contributed by atoms with Gasteiger partial charge in [0.1, 0.15) is 0 Å². The quantitative estimate of drug-likeness (QED) is 0.817. The molecule has 1 aromatic carbocycles. The molecular formula is C14H23BrN2O2S. The van der Waals surface area contributed by atoms with Crippen molar-refractivity contribution in [2.45, 2.75) is 39.1 Å². The molecule has 4 nitrogen and oxygen atoms in total. The summed E-state index contributed by atoms with van der Waals surface area (Å²) in [5.74, 6) is 0. The summed E-state index contributed by atoms with van der Waals surface area (Å²) in [4.78, 5) is 0.280. The van der Waals surface area contributed by atoms with Gasteiger partial charge in [-0.15, -0.1) is 0 Å². The number of sulfonamides is 1. The molecule has 0 radical (unpaired) electrons. The van der Waals surface area contributed by atoms with Gasteiger partial charge in [-0.1, -0.05) is 33.8 Å². The van der Waals surface area contributed by atoms with Gasteiger partial charge < -0.3 is 5.32 Å². The van der Waals surface area contributed by atoms with E-state index in [4.69, 9.17) is 0 Å². The zero-order valence-corrected chi connectivity index (χ0v) is 14.9. The normalized spacial score (nSPS) is 12.7. The highest BCUT2D eigenvalue weighted by molar-refractivity contribution is 9.10. The van der Waals surface area contributed by atoms with E-state index in [1.165, 1.54) is 0 Å². The van der Waals surface area contributed by atoms with Crippen LogP contribution in [0.25, 0.3) is 0 Å². The lowest BCUT2D eigenvalue weighted by Gasteiger charge is -2.19. The Morgan fingerprint density at radius 2 is 1.90 bits per heavy atom. The van der Waals surface area contributed by atoms with Crippen LogP contribution in [-0.2, 0) is 16.6 Å². The van der Waals surface area contributed by atoms with Crippen molar-refractivity contribution in [2.24, 2.45) is 5.41 Å². The van der Waals surface area contributed by atoms with Crippen LogP contribution in [-0.4, -0.2) is 21.5 Å². The fraction of sp³-hybridized carbons (Fsp3) is 0.571. The van der Waals surface area contributed by atoms with Gasteiger partial charge in [-0.25, -0.2) is 13.1 Å². The van der Waals surface area contributed by atoms with Gasteiger partial charge in [-0.3, -0.25) is 0 Å². The van der Waals surface area contributed by atoms with Crippen LogP contribution in [0.1, 0.15) is 33.3 Å². The Morgan fingerprint density at radius 3 is 2.40 bits per heavy atom. The van der Waals surface area contributed by atoms with E-state index in [1.54, 1.807) is 6.07 Å². The standard InChI is InChI=1S/C14H23BrN2O2S/c1-5-16-9-11-6-7-13(12(15)8-11)20(18,19)17-10-14(2,3)4/h6-8,16-17H,5,9-10H2,1-4H3. The molecule has 0 heterocycles. The van der Waals surface area contributed by atoms with E-state index in [1.807, 2.05) is 39.8 Å². The molecule has 1 aromatic rings. The van der Waals surface area contributed by atoms with Crippen molar-refractivity contribution in [3.8, 4) is 0 Å². The first-order valence-electron chi connectivity index (χ1n) is 6.64. The molecule has 0 fully saturated rings. The lowest BCUT2D eigenvalue weighted by atomic mass is 9.98. The molecule has 0 saturated heterocycles. The van der Waals surface area contributed by atoms with Crippen molar-refractivity contribution in [3.63, 3.8) is 0 Å². The largest absolute Gasteiger partial charge is 0.313 e. The third-order valence-corrected chi connectivity index (χ3v) is 5.04. The van der Waals surface area contributed by atoms with Gasteiger partial charge in [0.2, 0.25) is 10.0 Å². The first-order chi connectivity index (χ1) is 9.15. The van der Waals surface area contributed by atoms with E-state index in [0.29, 0.717) is 11.0 Å². The van der Waals surface area contributed by atoms with Gasteiger partial charge in [-0.2, -0.15) is 0 Å². The molecule has 0 aliphatic rings. The summed E-state index contributed by atoms with van der Waals surface area (Å²) in [5.41, 5.74) is 0.957. The summed E-state index contributed by atoms with van der Waals surface area (Å²) in [7, 11) is -3.48. The molecule has 0 amide bonds. The SMILES string of the molecule is CCNCc1ccc(S(=O)(=O)NCC(C)(C)C)c(Br)c1. The molecule has 0 aromatic heterocycles. The first kappa shape index (κ1) is 17.6. The molecule has 0 bridgehead atoms. The number of hydrogen-bond donors (Lipinski definition) is 2. The minimum Gasteiger partial charge on any atom is -0.313 e. The molecule has 1 rings (SSSR count). The maximum absolute atomic E-state index is 12.3. The van der Waals surface area contributed by atoms with Crippen LogP contribution in [0.3, 0.4) is 0 Å². The summed E-state index contributed by atoms with van der Waals surface area (Å²) in [6.07, 6.45) is 0. The molecule has 0 unspecified atom stereocenters. The van der Waals surface area contributed by atoms with Crippen molar-refractivity contribution < 1.29 is 8.42 Å². The summed E-state index contributed by atoms with van der Waals surface area (Å²) in [5, 5.41) is 3.21. The second-order valence-corrected chi connectivity index (χ2v) is 8.52. The predicted octanol–water partition coefficient (Wildman–Crippen LogP) is 2.88. The first-order valence-corrected chi connectivity index (χ1v) is 8.92. The maximum Gasteiger partial charge on any atom is 0.241 e. The van der Waals surface area contributed by atoms with Crippen molar-refractivity contribution in [2.75, 3.05) is 13.1 Å². The van der Waals surface area contributed by atoms with E-state index in [-0.39, 0.29) is 10.3 Å². The van der Waals surface area contributed by atoms with Gasteiger partial charge in [0.15, 0.2) is 0 Å². The number of hydrogen-bond acceptors (Lipinski definition) is 3. The third-order valence-electron chi connectivity index (χ3n) is 2.66. The lowest BCUT2D eigenvalue weighted by Crippen LogP contribution is -2.32. The average molecular weight is 363 g/mol. The minimum absolute atomic E-state index is 0.0927. The molecule has 2 N–H and O–H groups in total. The Hall–Kier alpha value is -0.430. The third kappa shape index (κ3) is 5.52. The van der Waals surface area contributed by atoms with Crippen molar-refractivity contribution in [1.29, 1.82) is 0 Å². The summed E-state index contributed by atoms with van der Waals surface area (Å²) < 4.78 is 27.8. The molecular weight excluding hydrogens is 340 g/mol. The summed E-state index contributed by atoms with van der Waals surface area (Å²) in [6, 6.07) is 5.31. The highest BCUT2D eigenvalue weighted by Crippen LogP contribution is 2.24. The topological polar surface area (TPSA) is 58.2 Å². The predicted molar refractivity (Wildman–Crippen MR) is 86.2 cm³/mol. The average Bonchev–Trinajstić information content (AvgIpc) is 2.33. The van der Waals surface area contributed by atoms with E-state index < -0.39 is 10.0 Å². The van der Waals surface area contributed by atoms with Crippen LogP contribution in [0.2, 0.25) is 0 Å². The molecule has 114 valence electrons. The zero-order chi connectivity index (χ0) is 15.4. The van der Waals surface area contributed by atoms with E-state index in [9.17, 15) is 8.42 Å². The Morgan fingerprint density at radius 1 is 1.25 bits per heavy atom. The van der Waals surface area contributed by atoms with Crippen LogP contribution in [0.5, 0.6) is 0 Å². The van der Waals surface area contributed by atoms with Crippen LogP contribution in [0.4, 0.5) is 0 Å². The van der Waals surface area contributed by atoms with Gasteiger partial charge in [0.05, 0.1) is 4.90 Å². The smallest absolute Gasteiger partial charge is 0.241 e. The number of benzene rings is 1. The molecule has 0 spiro atoms. The molecule has 0 atom stereocenters. The van der Waals surface area contributed by atoms with Crippen molar-refractivity contribution in [3.05, 3.63) is 28.2 Å². The van der Waals surface area contributed by atoms with E-state index in [2.05, 4.69) is 26.0 Å². The monoisotopic (exact) mass is 362 g/mol. The van der Waals surface area contributed by atoms with Crippen molar-refractivity contribution >= 4 is 26.0 Å². The van der Waals surface area contributed by atoms with Crippen LogP contribution in [0.15, 0.2) is 27.6 Å².